The second kappa shape index (κ2) is 4.34. The topological polar surface area (TPSA) is 41.6 Å². The Morgan fingerprint density at radius 3 is 2.81 bits per heavy atom. The van der Waals surface area contributed by atoms with Crippen LogP contribution in [0.3, 0.4) is 0 Å². The zero-order valence-electron chi connectivity index (χ0n) is 9.65. The molecule has 3 rings (SSSR count). The fraction of sp³-hybridized carbons (Fsp3) is 0.917. The highest BCUT2D eigenvalue weighted by molar-refractivity contribution is 5.77. The monoisotopic (exact) mass is 224 g/mol. The molecule has 0 aromatic heterocycles. The van der Waals surface area contributed by atoms with E-state index in [1.807, 2.05) is 0 Å². The highest BCUT2D eigenvalue weighted by atomic mass is 16.5. The number of ether oxygens (including phenoxy) is 1. The number of amides is 1. The third-order valence-corrected chi connectivity index (χ3v) is 4.14. The minimum Gasteiger partial charge on any atom is -0.374 e. The van der Waals surface area contributed by atoms with Crippen molar-refractivity contribution in [2.24, 2.45) is 5.92 Å². The van der Waals surface area contributed by atoms with Gasteiger partial charge in [-0.2, -0.15) is 0 Å². The second-order valence-corrected chi connectivity index (χ2v) is 5.29. The van der Waals surface area contributed by atoms with Gasteiger partial charge in [-0.15, -0.1) is 0 Å². The SMILES string of the molecule is O=C(CC1CCNCC1)N1C[C@H]2C[C@H]1CO2. The largest absolute Gasteiger partial charge is 0.374 e. The lowest BCUT2D eigenvalue weighted by atomic mass is 9.94. The van der Waals surface area contributed by atoms with Crippen molar-refractivity contribution in [3.05, 3.63) is 0 Å². The molecule has 0 aromatic rings. The average Bonchev–Trinajstić information content (AvgIpc) is 2.92. The molecule has 2 bridgehead atoms. The molecule has 0 spiro atoms. The summed E-state index contributed by atoms with van der Waals surface area (Å²) in [6.45, 7) is 3.76. The minimum atomic E-state index is 0.335. The van der Waals surface area contributed by atoms with Crippen LogP contribution in [0.4, 0.5) is 0 Å². The smallest absolute Gasteiger partial charge is 0.223 e. The lowest BCUT2D eigenvalue weighted by Gasteiger charge is -2.29. The van der Waals surface area contributed by atoms with Crippen LogP contribution < -0.4 is 5.32 Å². The first kappa shape index (κ1) is 10.5. The summed E-state index contributed by atoms with van der Waals surface area (Å²) in [5.74, 6) is 0.969. The van der Waals surface area contributed by atoms with Gasteiger partial charge in [-0.1, -0.05) is 0 Å². The van der Waals surface area contributed by atoms with Gasteiger partial charge in [0.05, 0.1) is 18.8 Å². The number of hydrogen-bond acceptors (Lipinski definition) is 3. The van der Waals surface area contributed by atoms with E-state index in [9.17, 15) is 4.79 Å². The summed E-state index contributed by atoms with van der Waals surface area (Å²) in [7, 11) is 0. The molecule has 0 aliphatic carbocycles. The Kier molecular flexibility index (Phi) is 2.86. The van der Waals surface area contributed by atoms with Crippen molar-refractivity contribution < 1.29 is 9.53 Å². The molecule has 1 N–H and O–H groups in total. The van der Waals surface area contributed by atoms with E-state index < -0.39 is 0 Å². The Hall–Kier alpha value is -0.610. The minimum absolute atomic E-state index is 0.335. The van der Waals surface area contributed by atoms with E-state index in [1.165, 1.54) is 0 Å². The van der Waals surface area contributed by atoms with Gasteiger partial charge in [0.2, 0.25) is 5.91 Å². The summed E-state index contributed by atoms with van der Waals surface area (Å²) in [6, 6.07) is 0.388. The van der Waals surface area contributed by atoms with Crippen molar-refractivity contribution in [1.29, 1.82) is 0 Å². The second-order valence-electron chi connectivity index (χ2n) is 5.29. The molecule has 3 saturated heterocycles. The maximum atomic E-state index is 12.2. The Morgan fingerprint density at radius 1 is 1.38 bits per heavy atom. The van der Waals surface area contributed by atoms with Gasteiger partial charge in [0.15, 0.2) is 0 Å². The Labute approximate surface area is 96.3 Å². The number of rotatable bonds is 2. The van der Waals surface area contributed by atoms with Gasteiger partial charge in [0, 0.05) is 13.0 Å². The molecule has 4 heteroatoms. The van der Waals surface area contributed by atoms with Crippen LogP contribution in [-0.2, 0) is 9.53 Å². The summed E-state index contributed by atoms with van der Waals surface area (Å²) in [4.78, 5) is 14.2. The van der Waals surface area contributed by atoms with Crippen LogP contribution in [0, 0.1) is 5.92 Å². The molecule has 3 heterocycles. The molecule has 0 radical (unpaired) electrons. The first-order chi connectivity index (χ1) is 7.83. The Morgan fingerprint density at radius 2 is 2.19 bits per heavy atom. The van der Waals surface area contributed by atoms with E-state index in [2.05, 4.69) is 10.2 Å². The third kappa shape index (κ3) is 1.96. The normalized spacial score (nSPS) is 34.6. The van der Waals surface area contributed by atoms with Crippen LogP contribution in [0.15, 0.2) is 0 Å². The van der Waals surface area contributed by atoms with Gasteiger partial charge >= 0.3 is 0 Å². The lowest BCUT2D eigenvalue weighted by molar-refractivity contribution is -0.136. The fourth-order valence-corrected chi connectivity index (χ4v) is 3.16. The molecular formula is C12H20N2O2. The fourth-order valence-electron chi connectivity index (χ4n) is 3.16. The first-order valence-electron chi connectivity index (χ1n) is 6.44. The zero-order chi connectivity index (χ0) is 11.0. The summed E-state index contributed by atoms with van der Waals surface area (Å²) in [5.41, 5.74) is 0. The lowest BCUT2D eigenvalue weighted by Crippen LogP contribution is -2.42. The van der Waals surface area contributed by atoms with Gasteiger partial charge in [0.25, 0.3) is 0 Å². The molecule has 0 aromatic carbocycles. The summed E-state index contributed by atoms with van der Waals surface area (Å²) < 4.78 is 5.52. The molecule has 16 heavy (non-hydrogen) atoms. The molecule has 90 valence electrons. The number of carbonyl (C=O) groups excluding carboxylic acids is 1. The quantitative estimate of drug-likeness (QED) is 0.737. The van der Waals surface area contributed by atoms with Crippen LogP contribution in [0.1, 0.15) is 25.7 Å². The van der Waals surface area contributed by atoms with Crippen molar-refractivity contribution in [1.82, 2.24) is 10.2 Å². The Balaban J connectivity index is 1.53. The van der Waals surface area contributed by atoms with Crippen molar-refractivity contribution in [2.75, 3.05) is 26.2 Å². The summed E-state index contributed by atoms with van der Waals surface area (Å²) in [6.07, 6.45) is 4.47. The van der Waals surface area contributed by atoms with Crippen LogP contribution >= 0.6 is 0 Å². The summed E-state index contributed by atoms with van der Waals surface area (Å²) in [5, 5.41) is 3.34. The van der Waals surface area contributed by atoms with E-state index in [0.717, 1.165) is 51.9 Å². The number of carbonyl (C=O) groups is 1. The molecule has 3 fully saturated rings. The van der Waals surface area contributed by atoms with Gasteiger partial charge in [0.1, 0.15) is 0 Å². The molecule has 1 amide bonds. The van der Waals surface area contributed by atoms with Gasteiger partial charge in [-0.3, -0.25) is 4.79 Å². The first-order valence-corrected chi connectivity index (χ1v) is 6.44. The van der Waals surface area contributed by atoms with Crippen molar-refractivity contribution in [2.45, 2.75) is 37.8 Å². The van der Waals surface area contributed by atoms with Crippen molar-refractivity contribution in [3.63, 3.8) is 0 Å². The van der Waals surface area contributed by atoms with Crippen LogP contribution in [0.25, 0.3) is 0 Å². The number of piperidine rings is 1. The number of morpholine rings is 1. The molecule has 3 aliphatic heterocycles. The van der Waals surface area contributed by atoms with Crippen LogP contribution in [0.5, 0.6) is 0 Å². The number of likely N-dealkylation sites (tertiary alicyclic amines) is 1. The number of nitrogens with one attached hydrogen (secondary N) is 1. The van der Waals surface area contributed by atoms with Crippen molar-refractivity contribution >= 4 is 5.91 Å². The summed E-state index contributed by atoms with van der Waals surface area (Å²) >= 11 is 0. The molecule has 3 aliphatic rings. The highest BCUT2D eigenvalue weighted by Gasteiger charge is 2.41. The molecule has 4 nitrogen and oxygen atoms in total. The molecular weight excluding hydrogens is 204 g/mol. The van der Waals surface area contributed by atoms with E-state index in [1.54, 1.807) is 0 Å². The van der Waals surface area contributed by atoms with E-state index >= 15 is 0 Å². The maximum Gasteiger partial charge on any atom is 0.223 e. The third-order valence-electron chi connectivity index (χ3n) is 4.14. The molecule has 2 atom stereocenters. The predicted octanol–water partition coefficient (Wildman–Crippen LogP) is 0.376. The highest BCUT2D eigenvalue weighted by Crippen LogP contribution is 2.29. The number of nitrogens with zero attached hydrogens (tertiary/aromatic N) is 1. The molecule has 0 saturated carbocycles. The Bertz CT molecular complexity index is 276. The van der Waals surface area contributed by atoms with E-state index in [4.69, 9.17) is 4.74 Å². The van der Waals surface area contributed by atoms with Crippen LogP contribution in [0.2, 0.25) is 0 Å². The van der Waals surface area contributed by atoms with Gasteiger partial charge in [-0.05, 0) is 38.3 Å². The maximum absolute atomic E-state index is 12.2. The molecule has 0 unspecified atom stereocenters. The number of fused-ring (bicyclic) bond motifs is 2. The standard InChI is InChI=1S/C12H20N2O2/c15-12(5-9-1-3-13-4-2-9)14-7-11-6-10(14)8-16-11/h9-11,13H,1-8H2/t10-,11+/m0/s1. The number of hydrogen-bond donors (Lipinski definition) is 1. The van der Waals surface area contributed by atoms with E-state index in [0.29, 0.717) is 24.0 Å². The van der Waals surface area contributed by atoms with Crippen LogP contribution in [-0.4, -0.2) is 49.2 Å². The van der Waals surface area contributed by atoms with Crippen molar-refractivity contribution in [3.8, 4) is 0 Å². The van der Waals surface area contributed by atoms with Gasteiger partial charge in [-0.25, -0.2) is 0 Å². The predicted molar refractivity (Wildman–Crippen MR) is 60.1 cm³/mol. The van der Waals surface area contributed by atoms with E-state index in [-0.39, 0.29) is 0 Å². The average molecular weight is 224 g/mol. The zero-order valence-corrected chi connectivity index (χ0v) is 9.65. The van der Waals surface area contributed by atoms with Gasteiger partial charge < -0.3 is 15.0 Å².